The van der Waals surface area contributed by atoms with Gasteiger partial charge in [0, 0.05) is 24.8 Å². The third kappa shape index (κ3) is 3.45. The van der Waals surface area contributed by atoms with Crippen molar-refractivity contribution >= 4 is 5.91 Å². The Morgan fingerprint density at radius 1 is 1.28 bits per heavy atom. The molecule has 1 aromatic carbocycles. The maximum atomic E-state index is 11.7. The minimum absolute atomic E-state index is 0.0328. The Labute approximate surface area is 107 Å². The Balaban J connectivity index is 1.81. The molecule has 94 valence electrons. The molecule has 0 aliphatic carbocycles. The molecule has 0 bridgehead atoms. The van der Waals surface area contributed by atoms with E-state index in [-0.39, 0.29) is 5.91 Å². The lowest BCUT2D eigenvalue weighted by molar-refractivity contribution is -0.120. The molecule has 0 fully saturated rings. The van der Waals surface area contributed by atoms with E-state index in [9.17, 15) is 4.79 Å². The highest BCUT2D eigenvalue weighted by Gasteiger charge is 2.03. The van der Waals surface area contributed by atoms with Crippen LogP contribution in [0.2, 0.25) is 0 Å². The van der Waals surface area contributed by atoms with Gasteiger partial charge in [-0.2, -0.15) is 5.10 Å². The molecular formula is C14H17N3O. The molecule has 2 aromatic rings. The molecular weight excluding hydrogens is 226 g/mol. The minimum atomic E-state index is 0.0328. The normalized spacial score (nSPS) is 10.3. The molecule has 1 amide bonds. The van der Waals surface area contributed by atoms with Crippen LogP contribution in [0.3, 0.4) is 0 Å². The maximum Gasteiger partial charge on any atom is 0.224 e. The summed E-state index contributed by atoms with van der Waals surface area (Å²) < 4.78 is 1.85. The minimum Gasteiger partial charge on any atom is -0.352 e. The van der Waals surface area contributed by atoms with Crippen molar-refractivity contribution in [3.05, 3.63) is 53.9 Å². The van der Waals surface area contributed by atoms with Gasteiger partial charge in [-0.25, -0.2) is 0 Å². The summed E-state index contributed by atoms with van der Waals surface area (Å²) in [6.45, 7) is 3.41. The molecule has 4 heteroatoms. The lowest BCUT2D eigenvalue weighted by atomic mass is 10.1. The van der Waals surface area contributed by atoms with E-state index in [0.29, 0.717) is 13.0 Å². The third-order valence-electron chi connectivity index (χ3n) is 2.71. The van der Waals surface area contributed by atoms with Crippen LogP contribution in [0.25, 0.3) is 0 Å². The van der Waals surface area contributed by atoms with Crippen LogP contribution in [0.1, 0.15) is 18.1 Å². The zero-order valence-electron chi connectivity index (χ0n) is 10.5. The number of hydrogen-bond donors (Lipinski definition) is 1. The second kappa shape index (κ2) is 6.00. The Hall–Kier alpha value is -2.10. The van der Waals surface area contributed by atoms with Crippen LogP contribution in [0, 0.1) is 0 Å². The summed E-state index contributed by atoms with van der Waals surface area (Å²) in [5, 5.41) is 7.05. The van der Waals surface area contributed by atoms with Crippen molar-refractivity contribution in [2.45, 2.75) is 26.4 Å². The summed E-state index contributed by atoms with van der Waals surface area (Å²) in [7, 11) is 0. The van der Waals surface area contributed by atoms with E-state index < -0.39 is 0 Å². The van der Waals surface area contributed by atoms with Crippen LogP contribution in [0.4, 0.5) is 0 Å². The van der Waals surface area contributed by atoms with Crippen LogP contribution < -0.4 is 5.32 Å². The van der Waals surface area contributed by atoms with Crippen molar-refractivity contribution in [2.24, 2.45) is 0 Å². The zero-order chi connectivity index (χ0) is 12.8. The first-order valence-corrected chi connectivity index (χ1v) is 6.10. The SMILES string of the molecule is CCn1cc(CNC(=O)Cc2ccccc2)cn1. The number of aryl methyl sites for hydroxylation is 1. The molecule has 0 unspecified atom stereocenters. The molecule has 0 radical (unpaired) electrons. The smallest absolute Gasteiger partial charge is 0.224 e. The number of benzene rings is 1. The second-order valence-electron chi connectivity index (χ2n) is 4.14. The van der Waals surface area contributed by atoms with Gasteiger partial charge in [0.1, 0.15) is 0 Å². The van der Waals surface area contributed by atoms with E-state index in [1.54, 1.807) is 6.20 Å². The zero-order valence-corrected chi connectivity index (χ0v) is 10.5. The summed E-state index contributed by atoms with van der Waals surface area (Å²) in [5.74, 6) is 0.0328. The van der Waals surface area contributed by atoms with Crippen LogP contribution in [-0.4, -0.2) is 15.7 Å². The van der Waals surface area contributed by atoms with E-state index in [2.05, 4.69) is 10.4 Å². The van der Waals surface area contributed by atoms with Gasteiger partial charge in [0.25, 0.3) is 0 Å². The Morgan fingerprint density at radius 2 is 2.06 bits per heavy atom. The Bertz CT molecular complexity index is 505. The fourth-order valence-electron chi connectivity index (χ4n) is 1.72. The van der Waals surface area contributed by atoms with Gasteiger partial charge in [0.05, 0.1) is 12.6 Å². The van der Waals surface area contributed by atoms with Crippen LogP contribution >= 0.6 is 0 Å². The number of nitrogens with zero attached hydrogens (tertiary/aromatic N) is 2. The molecule has 0 saturated carbocycles. The van der Waals surface area contributed by atoms with Crippen LogP contribution in [0.5, 0.6) is 0 Å². The van der Waals surface area contributed by atoms with Crippen LogP contribution in [-0.2, 0) is 24.3 Å². The fraction of sp³-hybridized carbons (Fsp3) is 0.286. The van der Waals surface area contributed by atoms with E-state index in [0.717, 1.165) is 17.7 Å². The van der Waals surface area contributed by atoms with E-state index in [4.69, 9.17) is 0 Å². The summed E-state index contributed by atoms with van der Waals surface area (Å²) in [5.41, 5.74) is 2.05. The lowest BCUT2D eigenvalue weighted by Crippen LogP contribution is -2.24. The topological polar surface area (TPSA) is 46.9 Å². The fourth-order valence-corrected chi connectivity index (χ4v) is 1.72. The van der Waals surface area contributed by atoms with Gasteiger partial charge in [-0.15, -0.1) is 0 Å². The highest BCUT2D eigenvalue weighted by atomic mass is 16.1. The largest absolute Gasteiger partial charge is 0.352 e. The first-order chi connectivity index (χ1) is 8.78. The van der Waals surface area contributed by atoms with E-state index in [1.165, 1.54) is 0 Å². The summed E-state index contributed by atoms with van der Waals surface area (Å²) in [6.07, 6.45) is 4.15. The number of carbonyl (C=O) groups is 1. The molecule has 0 spiro atoms. The van der Waals surface area contributed by atoms with Gasteiger partial charge in [-0.05, 0) is 12.5 Å². The highest BCUT2D eigenvalue weighted by Crippen LogP contribution is 2.01. The molecule has 1 heterocycles. The predicted octanol–water partition coefficient (Wildman–Crippen LogP) is 1.76. The number of carbonyl (C=O) groups excluding carboxylic acids is 1. The molecule has 1 N–H and O–H groups in total. The molecule has 0 atom stereocenters. The van der Waals surface area contributed by atoms with Gasteiger partial charge in [0.2, 0.25) is 5.91 Å². The quantitative estimate of drug-likeness (QED) is 0.869. The molecule has 0 saturated heterocycles. The highest BCUT2D eigenvalue weighted by molar-refractivity contribution is 5.78. The monoisotopic (exact) mass is 243 g/mol. The maximum absolute atomic E-state index is 11.7. The molecule has 18 heavy (non-hydrogen) atoms. The van der Waals surface area contributed by atoms with Gasteiger partial charge >= 0.3 is 0 Å². The number of rotatable bonds is 5. The van der Waals surface area contributed by atoms with E-state index in [1.807, 2.05) is 48.1 Å². The summed E-state index contributed by atoms with van der Waals surface area (Å²) >= 11 is 0. The van der Waals surface area contributed by atoms with Crippen molar-refractivity contribution in [3.8, 4) is 0 Å². The standard InChI is InChI=1S/C14H17N3O/c1-2-17-11-13(10-16-17)9-15-14(18)8-12-6-4-3-5-7-12/h3-7,10-11H,2,8-9H2,1H3,(H,15,18). The number of hydrogen-bond acceptors (Lipinski definition) is 2. The average Bonchev–Trinajstić information content (AvgIpc) is 2.85. The summed E-state index contributed by atoms with van der Waals surface area (Å²) in [4.78, 5) is 11.7. The van der Waals surface area contributed by atoms with Crippen molar-refractivity contribution < 1.29 is 4.79 Å². The number of amides is 1. The molecule has 2 rings (SSSR count). The van der Waals surface area contributed by atoms with Gasteiger partial charge in [0.15, 0.2) is 0 Å². The molecule has 0 aliphatic rings. The van der Waals surface area contributed by atoms with Crippen molar-refractivity contribution in [2.75, 3.05) is 0 Å². The Morgan fingerprint density at radius 3 is 2.72 bits per heavy atom. The first kappa shape index (κ1) is 12.4. The average molecular weight is 243 g/mol. The first-order valence-electron chi connectivity index (χ1n) is 6.10. The van der Waals surface area contributed by atoms with E-state index >= 15 is 0 Å². The van der Waals surface area contributed by atoms with Crippen molar-refractivity contribution in [1.29, 1.82) is 0 Å². The van der Waals surface area contributed by atoms with Gasteiger partial charge in [-0.3, -0.25) is 9.48 Å². The number of nitrogens with one attached hydrogen (secondary N) is 1. The van der Waals surface area contributed by atoms with Crippen molar-refractivity contribution in [1.82, 2.24) is 15.1 Å². The second-order valence-corrected chi connectivity index (χ2v) is 4.14. The molecule has 0 aliphatic heterocycles. The van der Waals surface area contributed by atoms with Crippen LogP contribution in [0.15, 0.2) is 42.7 Å². The Kier molecular flexibility index (Phi) is 4.12. The number of aromatic nitrogens is 2. The molecule has 4 nitrogen and oxygen atoms in total. The third-order valence-corrected chi connectivity index (χ3v) is 2.71. The summed E-state index contributed by atoms with van der Waals surface area (Å²) in [6, 6.07) is 9.73. The van der Waals surface area contributed by atoms with Gasteiger partial charge < -0.3 is 5.32 Å². The van der Waals surface area contributed by atoms with Crippen molar-refractivity contribution in [3.63, 3.8) is 0 Å². The molecule has 1 aromatic heterocycles. The predicted molar refractivity (Wildman–Crippen MR) is 69.9 cm³/mol. The lowest BCUT2D eigenvalue weighted by Gasteiger charge is -2.03. The van der Waals surface area contributed by atoms with Gasteiger partial charge in [-0.1, -0.05) is 30.3 Å².